The molecule has 1 aliphatic heterocycles. The first kappa shape index (κ1) is 27.4. The van der Waals surface area contributed by atoms with Crippen molar-refractivity contribution in [2.24, 2.45) is 5.92 Å². The summed E-state index contributed by atoms with van der Waals surface area (Å²) >= 11 is 12.5. The Morgan fingerprint density at radius 3 is 2.45 bits per heavy atom. The van der Waals surface area contributed by atoms with Crippen LogP contribution in [-0.2, 0) is 9.53 Å². The minimum atomic E-state index is -0.393. The molecule has 2 atom stereocenters. The fourth-order valence-corrected chi connectivity index (χ4v) is 5.28. The zero-order valence-corrected chi connectivity index (χ0v) is 23.7. The van der Waals surface area contributed by atoms with Crippen LogP contribution < -0.4 is 15.5 Å². The van der Waals surface area contributed by atoms with Crippen molar-refractivity contribution in [3.05, 3.63) is 107 Å². The normalized spacial score (nSPS) is 16.6. The monoisotopic (exact) mass is 573 g/mol. The van der Waals surface area contributed by atoms with E-state index in [1.165, 1.54) is 7.11 Å². The first-order valence-corrected chi connectivity index (χ1v) is 13.5. The minimum absolute atomic E-state index is 0.114. The van der Waals surface area contributed by atoms with Gasteiger partial charge in [0.1, 0.15) is 6.04 Å². The van der Waals surface area contributed by atoms with Crippen LogP contribution in [0, 0.1) is 5.92 Å². The van der Waals surface area contributed by atoms with E-state index in [1.807, 2.05) is 73.5 Å². The van der Waals surface area contributed by atoms with E-state index >= 15 is 0 Å². The first-order chi connectivity index (χ1) is 19.3. The molecule has 4 aromatic rings. The van der Waals surface area contributed by atoms with Crippen molar-refractivity contribution < 1.29 is 14.3 Å². The molecule has 2 aromatic carbocycles. The number of carbonyl (C=O) groups is 2. The number of rotatable bonds is 7. The highest BCUT2D eigenvalue weighted by Crippen LogP contribution is 2.43. The number of thiocarbonyl (C=S) groups is 1. The average Bonchev–Trinajstić information content (AvgIpc) is 3.58. The van der Waals surface area contributed by atoms with Gasteiger partial charge in [0, 0.05) is 35.4 Å². The fourth-order valence-electron chi connectivity index (χ4n) is 4.71. The lowest BCUT2D eigenvalue weighted by Gasteiger charge is -2.29. The summed E-state index contributed by atoms with van der Waals surface area (Å²) in [6, 6.07) is 21.9. The molecule has 204 valence electrons. The number of carbonyl (C=O) groups excluding carboxylic acids is 2. The second-order valence-corrected chi connectivity index (χ2v) is 10.4. The highest BCUT2D eigenvalue weighted by molar-refractivity contribution is 7.80. The highest BCUT2D eigenvalue weighted by atomic mass is 35.5. The smallest absolute Gasteiger partial charge is 0.337 e. The molecular weight excluding hydrogens is 546 g/mol. The van der Waals surface area contributed by atoms with Crippen molar-refractivity contribution in [1.29, 1.82) is 0 Å². The second kappa shape index (κ2) is 11.5. The number of pyridine rings is 1. The molecule has 2 N–H and O–H groups in total. The van der Waals surface area contributed by atoms with Gasteiger partial charge in [-0.05, 0) is 78.9 Å². The number of halogens is 1. The van der Waals surface area contributed by atoms with E-state index < -0.39 is 5.97 Å². The van der Waals surface area contributed by atoms with E-state index in [2.05, 4.69) is 20.2 Å². The van der Waals surface area contributed by atoms with Crippen LogP contribution in [-0.4, -0.2) is 33.6 Å². The third-order valence-corrected chi connectivity index (χ3v) is 7.39. The maximum Gasteiger partial charge on any atom is 0.337 e. The van der Waals surface area contributed by atoms with Gasteiger partial charge < -0.3 is 24.8 Å². The van der Waals surface area contributed by atoms with Gasteiger partial charge in [-0.25, -0.2) is 4.79 Å². The Morgan fingerprint density at radius 2 is 1.80 bits per heavy atom. The van der Waals surface area contributed by atoms with Gasteiger partial charge in [0.25, 0.3) is 0 Å². The number of amides is 1. The molecule has 5 rings (SSSR count). The molecule has 40 heavy (non-hydrogen) atoms. The Hall–Kier alpha value is -4.21. The van der Waals surface area contributed by atoms with E-state index in [1.54, 1.807) is 30.5 Å². The van der Waals surface area contributed by atoms with Gasteiger partial charge in [0.05, 0.1) is 35.1 Å². The maximum absolute atomic E-state index is 12.3. The predicted octanol–water partition coefficient (Wildman–Crippen LogP) is 6.08. The van der Waals surface area contributed by atoms with Gasteiger partial charge >= 0.3 is 5.97 Å². The summed E-state index contributed by atoms with van der Waals surface area (Å²) in [6.45, 7) is 3.65. The molecule has 10 heteroatoms. The van der Waals surface area contributed by atoms with Gasteiger partial charge in [0.15, 0.2) is 5.11 Å². The molecule has 2 aromatic heterocycles. The third-order valence-electron chi connectivity index (χ3n) is 6.76. The lowest BCUT2D eigenvalue weighted by molar-refractivity contribution is -0.118. The van der Waals surface area contributed by atoms with E-state index in [0.29, 0.717) is 21.4 Å². The summed E-state index contributed by atoms with van der Waals surface area (Å²) in [5, 5.41) is 7.25. The molecule has 3 heterocycles. The van der Waals surface area contributed by atoms with Gasteiger partial charge in [-0.2, -0.15) is 0 Å². The number of ether oxygens (including phenoxy) is 1. The van der Waals surface area contributed by atoms with Crippen LogP contribution in [0.1, 0.15) is 47.7 Å². The number of esters is 1. The van der Waals surface area contributed by atoms with Crippen molar-refractivity contribution in [3.63, 3.8) is 0 Å². The van der Waals surface area contributed by atoms with Crippen LogP contribution in [0.3, 0.4) is 0 Å². The minimum Gasteiger partial charge on any atom is -0.465 e. The second-order valence-electron chi connectivity index (χ2n) is 9.65. The quantitative estimate of drug-likeness (QED) is 0.204. The van der Waals surface area contributed by atoms with Crippen LogP contribution in [0.25, 0.3) is 5.69 Å². The third kappa shape index (κ3) is 5.30. The van der Waals surface area contributed by atoms with E-state index in [-0.39, 0.29) is 23.9 Å². The molecule has 1 fully saturated rings. The largest absolute Gasteiger partial charge is 0.465 e. The molecule has 1 amide bonds. The summed E-state index contributed by atoms with van der Waals surface area (Å²) in [5.41, 5.74) is 4.42. The Morgan fingerprint density at radius 1 is 1.05 bits per heavy atom. The number of benzene rings is 2. The van der Waals surface area contributed by atoms with Crippen LogP contribution in [0.15, 0.2) is 85.2 Å². The van der Waals surface area contributed by atoms with Crippen molar-refractivity contribution in [2.45, 2.75) is 25.9 Å². The average molecular weight is 574 g/mol. The Labute approximate surface area is 242 Å². The van der Waals surface area contributed by atoms with Crippen molar-refractivity contribution in [2.75, 3.05) is 17.3 Å². The number of nitrogens with zero attached hydrogens (tertiary/aromatic N) is 3. The van der Waals surface area contributed by atoms with Gasteiger partial charge in [-0.1, -0.05) is 31.5 Å². The van der Waals surface area contributed by atoms with Crippen molar-refractivity contribution in [3.8, 4) is 5.69 Å². The first-order valence-electron chi connectivity index (χ1n) is 12.8. The zero-order chi connectivity index (χ0) is 28.4. The number of nitrogens with one attached hydrogen (secondary N) is 2. The standard InChI is InChI=1S/C30H28ClN5O3S/c1-18(2)28(37)33-23-14-13-21(17-22(23)31)36-27(26(34-30(36)40)24-7-4-5-15-32-24)25-8-6-16-35(25)20-11-9-19(10-12-20)29(38)39-3/h4-18,26-27H,1-3H3,(H,33,37)(H,34,40)/t26-,27-/m1/s1. The number of hydrogen-bond acceptors (Lipinski definition) is 5. The molecule has 0 radical (unpaired) electrons. The number of aromatic nitrogens is 2. The summed E-state index contributed by atoms with van der Waals surface area (Å²) < 4.78 is 6.90. The van der Waals surface area contributed by atoms with Crippen molar-refractivity contribution >= 4 is 52.2 Å². The van der Waals surface area contributed by atoms with Crippen LogP contribution >= 0.6 is 23.8 Å². The maximum atomic E-state index is 12.3. The molecule has 0 bridgehead atoms. The summed E-state index contributed by atoms with van der Waals surface area (Å²) in [5.74, 6) is -0.683. The molecule has 0 unspecified atom stereocenters. The number of hydrogen-bond donors (Lipinski definition) is 2. The van der Waals surface area contributed by atoms with Gasteiger partial charge in [0.2, 0.25) is 5.91 Å². The Balaban J connectivity index is 1.58. The summed E-state index contributed by atoms with van der Waals surface area (Å²) in [7, 11) is 1.36. The molecule has 8 nitrogen and oxygen atoms in total. The summed E-state index contributed by atoms with van der Waals surface area (Å²) in [6.07, 6.45) is 3.72. The number of anilines is 2. The van der Waals surface area contributed by atoms with E-state index in [9.17, 15) is 9.59 Å². The zero-order valence-electron chi connectivity index (χ0n) is 22.2. The molecular formula is C30H28ClN5O3S. The van der Waals surface area contributed by atoms with Crippen LogP contribution in [0.4, 0.5) is 11.4 Å². The summed E-state index contributed by atoms with van der Waals surface area (Å²) in [4.78, 5) is 30.9. The molecule has 0 aliphatic carbocycles. The van der Waals surface area contributed by atoms with Crippen LogP contribution in [0.5, 0.6) is 0 Å². The lowest BCUT2D eigenvalue weighted by atomic mass is 10.0. The molecule has 1 saturated heterocycles. The van der Waals surface area contributed by atoms with E-state index in [4.69, 9.17) is 28.6 Å². The number of methoxy groups -OCH3 is 1. The Bertz CT molecular complexity index is 1560. The lowest BCUT2D eigenvalue weighted by Crippen LogP contribution is -2.30. The highest BCUT2D eigenvalue weighted by Gasteiger charge is 2.42. The van der Waals surface area contributed by atoms with Crippen LogP contribution in [0.2, 0.25) is 5.02 Å². The van der Waals surface area contributed by atoms with Gasteiger partial charge in [-0.15, -0.1) is 0 Å². The van der Waals surface area contributed by atoms with Crippen molar-refractivity contribution in [1.82, 2.24) is 14.9 Å². The molecule has 0 spiro atoms. The molecule has 0 saturated carbocycles. The van der Waals surface area contributed by atoms with E-state index in [0.717, 1.165) is 22.8 Å². The molecule has 1 aliphatic rings. The predicted molar refractivity (Wildman–Crippen MR) is 160 cm³/mol. The van der Waals surface area contributed by atoms with Gasteiger partial charge in [-0.3, -0.25) is 9.78 Å². The Kier molecular flexibility index (Phi) is 7.86. The topological polar surface area (TPSA) is 88.5 Å². The fraction of sp³-hybridized carbons (Fsp3) is 0.200. The SMILES string of the molecule is COC(=O)c1ccc(-n2cccc2[C@@H]2[C@@H](c3ccccn3)NC(=S)N2c2ccc(NC(=O)C(C)C)c(Cl)c2)cc1.